The van der Waals surface area contributed by atoms with Crippen molar-refractivity contribution in [3.8, 4) is 0 Å². The van der Waals surface area contributed by atoms with E-state index in [1.165, 1.54) is 4.31 Å². The van der Waals surface area contributed by atoms with Crippen LogP contribution < -0.4 is 0 Å². The summed E-state index contributed by atoms with van der Waals surface area (Å²) in [6, 6.07) is 2.54. The summed E-state index contributed by atoms with van der Waals surface area (Å²) >= 11 is 0. The molecule has 0 aliphatic carbocycles. The average Bonchev–Trinajstić information content (AvgIpc) is 3.16. The Balaban J connectivity index is 1.75. The van der Waals surface area contributed by atoms with Crippen LogP contribution in [0.1, 0.15) is 49.8 Å². The van der Waals surface area contributed by atoms with Crippen LogP contribution in [-0.4, -0.2) is 34.0 Å². The highest BCUT2D eigenvalue weighted by molar-refractivity contribution is 7.89. The van der Waals surface area contributed by atoms with Gasteiger partial charge in [0.25, 0.3) is 0 Å². The zero-order valence-corrected chi connectivity index (χ0v) is 15.1. The van der Waals surface area contributed by atoms with E-state index >= 15 is 0 Å². The predicted octanol–water partition coefficient (Wildman–Crippen LogP) is 2.81. The molecule has 26 heavy (non-hydrogen) atoms. The largest absolute Gasteiger partial charge is 0.314 e. The van der Waals surface area contributed by atoms with Crippen LogP contribution in [0.25, 0.3) is 0 Å². The van der Waals surface area contributed by atoms with Crippen molar-refractivity contribution in [3.05, 3.63) is 41.5 Å². The maximum Gasteiger partial charge on any atom is 0.249 e. The van der Waals surface area contributed by atoms with E-state index in [9.17, 15) is 17.2 Å². The molecule has 0 N–H and O–H groups in total. The van der Waals surface area contributed by atoms with Gasteiger partial charge in [0.05, 0.1) is 6.04 Å². The molecule has 1 atom stereocenters. The smallest absolute Gasteiger partial charge is 0.249 e. The first kappa shape index (κ1) is 17.5. The number of benzene rings is 1. The second kappa shape index (κ2) is 6.70. The summed E-state index contributed by atoms with van der Waals surface area (Å²) < 4.78 is 57.4. The summed E-state index contributed by atoms with van der Waals surface area (Å²) in [5, 5.41) is 8.47. The molecule has 4 rings (SSSR count). The first-order valence-electron chi connectivity index (χ1n) is 8.88. The quantitative estimate of drug-likeness (QED) is 0.819. The topological polar surface area (TPSA) is 68.1 Å². The van der Waals surface area contributed by atoms with Gasteiger partial charge in [0.1, 0.15) is 17.5 Å². The highest BCUT2D eigenvalue weighted by Crippen LogP contribution is 2.37. The Bertz CT molecular complexity index is 909. The van der Waals surface area contributed by atoms with E-state index in [2.05, 4.69) is 10.2 Å². The summed E-state index contributed by atoms with van der Waals surface area (Å²) in [7, 11) is -4.31. The van der Waals surface area contributed by atoms with Gasteiger partial charge < -0.3 is 4.57 Å². The summed E-state index contributed by atoms with van der Waals surface area (Å²) in [5.74, 6) is -0.704. The van der Waals surface area contributed by atoms with E-state index < -0.39 is 32.6 Å². The van der Waals surface area contributed by atoms with Crippen LogP contribution in [-0.2, 0) is 23.0 Å². The standard InChI is InChI=1S/C17H20F2N4O2S/c18-12-6-4-7-13(19)16(12)26(24,25)23-11-5-8-14(23)17-21-20-15-9-2-1-3-10-22(15)17/h4,6-7,14H,1-3,5,8-11H2/t14-/m1/s1. The molecular formula is C17H20F2N4O2S. The van der Waals surface area contributed by atoms with E-state index in [0.717, 1.165) is 56.3 Å². The third-order valence-electron chi connectivity index (χ3n) is 5.13. The SMILES string of the molecule is O=S(=O)(c1c(F)cccc1F)N1CCC[C@@H]1c1nnc2n1CCCCC2. The number of aromatic nitrogens is 3. The molecule has 0 spiro atoms. The molecule has 140 valence electrons. The lowest BCUT2D eigenvalue weighted by Crippen LogP contribution is -2.33. The molecule has 1 aromatic heterocycles. The fourth-order valence-electron chi connectivity index (χ4n) is 3.89. The average molecular weight is 382 g/mol. The van der Waals surface area contributed by atoms with Gasteiger partial charge in [0.15, 0.2) is 10.7 Å². The number of aryl methyl sites for hydroxylation is 1. The fourth-order valence-corrected chi connectivity index (χ4v) is 5.65. The molecule has 1 aromatic carbocycles. The van der Waals surface area contributed by atoms with E-state index in [4.69, 9.17) is 0 Å². The second-order valence-corrected chi connectivity index (χ2v) is 8.59. The van der Waals surface area contributed by atoms with Gasteiger partial charge in [0.2, 0.25) is 10.0 Å². The van der Waals surface area contributed by atoms with Gasteiger partial charge in [-0.1, -0.05) is 12.5 Å². The number of nitrogens with zero attached hydrogens (tertiary/aromatic N) is 4. The Morgan fingerprint density at radius 2 is 1.77 bits per heavy atom. The Kier molecular flexibility index (Phi) is 4.52. The highest BCUT2D eigenvalue weighted by Gasteiger charge is 2.41. The van der Waals surface area contributed by atoms with Crippen molar-refractivity contribution >= 4 is 10.0 Å². The monoisotopic (exact) mass is 382 g/mol. The lowest BCUT2D eigenvalue weighted by Gasteiger charge is -2.24. The van der Waals surface area contributed by atoms with Gasteiger partial charge in [-0.2, -0.15) is 4.31 Å². The molecule has 1 fully saturated rings. The number of rotatable bonds is 3. The molecule has 0 saturated carbocycles. The third-order valence-corrected chi connectivity index (χ3v) is 7.09. The van der Waals surface area contributed by atoms with E-state index in [1.54, 1.807) is 0 Å². The molecule has 0 bridgehead atoms. The molecule has 2 aliphatic rings. The van der Waals surface area contributed by atoms with Crippen LogP contribution in [0.5, 0.6) is 0 Å². The molecule has 0 radical (unpaired) electrons. The maximum atomic E-state index is 14.1. The summed E-state index contributed by atoms with van der Waals surface area (Å²) in [4.78, 5) is -0.887. The minimum Gasteiger partial charge on any atom is -0.314 e. The van der Waals surface area contributed by atoms with Crippen LogP contribution >= 0.6 is 0 Å². The Labute approximate surface area is 150 Å². The lowest BCUT2D eigenvalue weighted by atomic mass is 10.2. The van der Waals surface area contributed by atoms with Crippen LogP contribution in [0.3, 0.4) is 0 Å². The van der Waals surface area contributed by atoms with Crippen LogP contribution in [0.2, 0.25) is 0 Å². The highest BCUT2D eigenvalue weighted by atomic mass is 32.2. The van der Waals surface area contributed by atoms with Gasteiger partial charge in [-0.25, -0.2) is 17.2 Å². The maximum absolute atomic E-state index is 14.1. The fraction of sp³-hybridized carbons (Fsp3) is 0.529. The van der Waals surface area contributed by atoms with E-state index in [0.29, 0.717) is 18.7 Å². The molecule has 1 saturated heterocycles. The van der Waals surface area contributed by atoms with Crippen molar-refractivity contribution in [2.75, 3.05) is 6.54 Å². The number of fused-ring (bicyclic) bond motifs is 1. The molecule has 3 heterocycles. The lowest BCUT2D eigenvalue weighted by molar-refractivity contribution is 0.365. The van der Waals surface area contributed by atoms with Crippen molar-refractivity contribution in [2.24, 2.45) is 0 Å². The van der Waals surface area contributed by atoms with Crippen molar-refractivity contribution in [2.45, 2.75) is 56.0 Å². The van der Waals surface area contributed by atoms with Gasteiger partial charge in [-0.05, 0) is 37.8 Å². The third kappa shape index (κ3) is 2.83. The summed E-state index contributed by atoms with van der Waals surface area (Å²) in [5.41, 5.74) is 0. The van der Waals surface area contributed by atoms with Crippen molar-refractivity contribution < 1.29 is 17.2 Å². The van der Waals surface area contributed by atoms with Gasteiger partial charge in [-0.3, -0.25) is 0 Å². The number of sulfonamides is 1. The predicted molar refractivity (Wildman–Crippen MR) is 89.8 cm³/mol. The minimum absolute atomic E-state index is 0.211. The first-order valence-corrected chi connectivity index (χ1v) is 10.3. The van der Waals surface area contributed by atoms with Crippen LogP contribution in [0.4, 0.5) is 8.78 Å². The van der Waals surface area contributed by atoms with Crippen LogP contribution in [0.15, 0.2) is 23.1 Å². The molecule has 0 unspecified atom stereocenters. The molecule has 9 heteroatoms. The molecule has 2 aliphatic heterocycles. The van der Waals surface area contributed by atoms with Crippen molar-refractivity contribution in [1.82, 2.24) is 19.1 Å². The summed E-state index contributed by atoms with van der Waals surface area (Å²) in [6.45, 7) is 0.957. The minimum atomic E-state index is -4.31. The van der Waals surface area contributed by atoms with Gasteiger partial charge in [0, 0.05) is 19.5 Å². The van der Waals surface area contributed by atoms with Crippen molar-refractivity contribution in [3.63, 3.8) is 0 Å². The zero-order chi connectivity index (χ0) is 18.3. The number of halogens is 2. The van der Waals surface area contributed by atoms with Crippen LogP contribution in [0, 0.1) is 11.6 Å². The molecule has 0 amide bonds. The van der Waals surface area contributed by atoms with E-state index in [1.807, 2.05) is 4.57 Å². The Hall–Kier alpha value is -1.87. The molecule has 6 nitrogen and oxygen atoms in total. The Morgan fingerprint density at radius 3 is 2.54 bits per heavy atom. The number of hydrogen-bond donors (Lipinski definition) is 0. The zero-order valence-electron chi connectivity index (χ0n) is 14.2. The van der Waals surface area contributed by atoms with Crippen molar-refractivity contribution in [1.29, 1.82) is 0 Å². The molecular weight excluding hydrogens is 362 g/mol. The Morgan fingerprint density at radius 1 is 1.00 bits per heavy atom. The second-order valence-electron chi connectivity index (χ2n) is 6.76. The first-order chi connectivity index (χ1) is 12.5. The van der Waals surface area contributed by atoms with Gasteiger partial charge >= 0.3 is 0 Å². The van der Waals surface area contributed by atoms with E-state index in [-0.39, 0.29) is 6.54 Å². The number of hydrogen-bond acceptors (Lipinski definition) is 4. The molecule has 2 aromatic rings. The normalized spacial score (nSPS) is 21.5. The van der Waals surface area contributed by atoms with Gasteiger partial charge in [-0.15, -0.1) is 10.2 Å². The summed E-state index contributed by atoms with van der Waals surface area (Å²) in [6.07, 6.45) is 5.10.